The standard InChI is InChI=1S/C15H13N3S.ClH/c1-4-12-15(16-7-1)18-14(17-12)11-5-6-13-10(9-11)3-2-8-19-13;/h1,4-7,9H,2-3,8H2,(H,16,17,18);1H. The molecule has 0 aliphatic carbocycles. The summed E-state index contributed by atoms with van der Waals surface area (Å²) in [5.41, 5.74) is 4.37. The highest BCUT2D eigenvalue weighted by Gasteiger charge is 2.12. The molecule has 1 aliphatic heterocycles. The van der Waals surface area contributed by atoms with Crippen LogP contribution in [0.15, 0.2) is 41.4 Å². The molecule has 1 aromatic carbocycles. The smallest absolute Gasteiger partial charge is 0.178 e. The highest BCUT2D eigenvalue weighted by molar-refractivity contribution is 7.99. The number of thioether (sulfide) groups is 1. The van der Waals surface area contributed by atoms with E-state index in [1.165, 1.54) is 29.1 Å². The molecule has 0 saturated heterocycles. The minimum absolute atomic E-state index is 0. The van der Waals surface area contributed by atoms with E-state index in [2.05, 4.69) is 33.2 Å². The summed E-state index contributed by atoms with van der Waals surface area (Å²) in [6.07, 6.45) is 4.22. The van der Waals surface area contributed by atoms with Crippen LogP contribution in [0.4, 0.5) is 0 Å². The average molecular weight is 304 g/mol. The van der Waals surface area contributed by atoms with Crippen LogP contribution >= 0.6 is 24.2 Å². The predicted octanol–water partition coefficient (Wildman–Crippen LogP) is 4.09. The molecule has 1 aliphatic rings. The second kappa shape index (κ2) is 5.46. The Balaban J connectivity index is 0.00000121. The Labute approximate surface area is 127 Å². The third-order valence-electron chi connectivity index (χ3n) is 3.44. The van der Waals surface area contributed by atoms with E-state index in [9.17, 15) is 0 Å². The number of aromatic nitrogens is 3. The van der Waals surface area contributed by atoms with E-state index < -0.39 is 0 Å². The number of pyridine rings is 1. The molecule has 0 radical (unpaired) electrons. The fourth-order valence-electron chi connectivity index (χ4n) is 2.49. The lowest BCUT2D eigenvalue weighted by molar-refractivity contribution is 0.890. The molecule has 3 aromatic rings. The van der Waals surface area contributed by atoms with Gasteiger partial charge in [0.2, 0.25) is 0 Å². The Morgan fingerprint density at radius 1 is 1.20 bits per heavy atom. The Morgan fingerprint density at radius 2 is 2.15 bits per heavy atom. The Morgan fingerprint density at radius 3 is 3.05 bits per heavy atom. The molecule has 3 heterocycles. The van der Waals surface area contributed by atoms with Crippen LogP contribution in [0, 0.1) is 0 Å². The van der Waals surface area contributed by atoms with Gasteiger partial charge in [-0.25, -0.2) is 9.97 Å². The van der Waals surface area contributed by atoms with Crippen LogP contribution in [0.5, 0.6) is 0 Å². The number of benzene rings is 1. The van der Waals surface area contributed by atoms with E-state index in [-0.39, 0.29) is 12.4 Å². The number of fused-ring (bicyclic) bond motifs is 2. The number of halogens is 1. The van der Waals surface area contributed by atoms with Gasteiger partial charge in [0.15, 0.2) is 5.65 Å². The van der Waals surface area contributed by atoms with E-state index in [1.54, 1.807) is 6.20 Å². The van der Waals surface area contributed by atoms with Gasteiger partial charge in [0.1, 0.15) is 5.82 Å². The number of aryl methyl sites for hydroxylation is 1. The summed E-state index contributed by atoms with van der Waals surface area (Å²) in [6, 6.07) is 10.6. The molecular weight excluding hydrogens is 290 g/mol. The van der Waals surface area contributed by atoms with Gasteiger partial charge in [-0.3, -0.25) is 0 Å². The number of nitrogens with zero attached hydrogens (tertiary/aromatic N) is 2. The Hall–Kier alpha value is -1.52. The van der Waals surface area contributed by atoms with Gasteiger partial charge in [0.05, 0.1) is 5.52 Å². The highest BCUT2D eigenvalue weighted by atomic mass is 35.5. The number of imidazole rings is 1. The van der Waals surface area contributed by atoms with E-state index in [0.29, 0.717) is 0 Å². The molecule has 0 saturated carbocycles. The monoisotopic (exact) mass is 303 g/mol. The third-order valence-corrected chi connectivity index (χ3v) is 4.64. The minimum Gasteiger partial charge on any atom is -0.337 e. The third kappa shape index (κ3) is 2.30. The van der Waals surface area contributed by atoms with Gasteiger partial charge in [-0.05, 0) is 48.4 Å². The van der Waals surface area contributed by atoms with Crippen molar-refractivity contribution >= 4 is 35.3 Å². The van der Waals surface area contributed by atoms with Crippen LogP contribution in [0.3, 0.4) is 0 Å². The van der Waals surface area contributed by atoms with Crippen molar-refractivity contribution in [1.29, 1.82) is 0 Å². The van der Waals surface area contributed by atoms with Crippen molar-refractivity contribution in [3.63, 3.8) is 0 Å². The SMILES string of the molecule is Cl.c1cnc2nc(-c3ccc4c(c3)CCCS4)[nH]c2c1. The quantitative estimate of drug-likeness (QED) is 0.736. The van der Waals surface area contributed by atoms with Crippen LogP contribution < -0.4 is 0 Å². The van der Waals surface area contributed by atoms with Crippen molar-refractivity contribution in [1.82, 2.24) is 15.0 Å². The first kappa shape index (κ1) is 13.5. The first-order valence-corrected chi connectivity index (χ1v) is 7.45. The van der Waals surface area contributed by atoms with E-state index >= 15 is 0 Å². The zero-order chi connectivity index (χ0) is 12.7. The second-order valence-electron chi connectivity index (χ2n) is 4.73. The maximum atomic E-state index is 4.56. The molecule has 1 N–H and O–H groups in total. The molecule has 20 heavy (non-hydrogen) atoms. The first-order valence-electron chi connectivity index (χ1n) is 6.47. The molecule has 0 unspecified atom stereocenters. The molecular formula is C15H14ClN3S. The van der Waals surface area contributed by atoms with Gasteiger partial charge in [-0.2, -0.15) is 0 Å². The molecule has 3 nitrogen and oxygen atoms in total. The van der Waals surface area contributed by atoms with Gasteiger partial charge in [0, 0.05) is 16.7 Å². The summed E-state index contributed by atoms with van der Waals surface area (Å²) in [4.78, 5) is 13.6. The largest absolute Gasteiger partial charge is 0.337 e. The van der Waals surface area contributed by atoms with E-state index in [0.717, 1.165) is 22.6 Å². The van der Waals surface area contributed by atoms with Crippen LogP contribution in [-0.2, 0) is 6.42 Å². The number of hydrogen-bond acceptors (Lipinski definition) is 3. The average Bonchev–Trinajstić information content (AvgIpc) is 2.90. The summed E-state index contributed by atoms with van der Waals surface area (Å²) in [6.45, 7) is 0. The fourth-order valence-corrected chi connectivity index (χ4v) is 3.51. The van der Waals surface area contributed by atoms with Crippen molar-refractivity contribution in [2.45, 2.75) is 17.7 Å². The predicted molar refractivity (Wildman–Crippen MR) is 85.6 cm³/mol. The maximum Gasteiger partial charge on any atom is 0.178 e. The minimum atomic E-state index is 0. The number of rotatable bonds is 1. The second-order valence-corrected chi connectivity index (χ2v) is 5.87. The van der Waals surface area contributed by atoms with Crippen LogP contribution in [-0.4, -0.2) is 20.7 Å². The summed E-state index contributed by atoms with van der Waals surface area (Å²) in [7, 11) is 0. The Bertz CT molecular complexity index is 721. The van der Waals surface area contributed by atoms with Crippen LogP contribution in [0.2, 0.25) is 0 Å². The summed E-state index contributed by atoms with van der Waals surface area (Å²) in [5, 5.41) is 0. The number of nitrogens with one attached hydrogen (secondary N) is 1. The zero-order valence-corrected chi connectivity index (χ0v) is 12.4. The summed E-state index contributed by atoms with van der Waals surface area (Å²) < 4.78 is 0. The summed E-state index contributed by atoms with van der Waals surface area (Å²) >= 11 is 1.95. The Kier molecular flexibility index (Phi) is 3.68. The zero-order valence-electron chi connectivity index (χ0n) is 10.8. The van der Waals surface area contributed by atoms with Crippen LogP contribution in [0.25, 0.3) is 22.6 Å². The van der Waals surface area contributed by atoms with E-state index in [1.807, 2.05) is 23.9 Å². The molecule has 0 fully saturated rings. The van der Waals surface area contributed by atoms with Gasteiger partial charge in [-0.15, -0.1) is 24.2 Å². The van der Waals surface area contributed by atoms with E-state index in [4.69, 9.17) is 0 Å². The molecule has 0 spiro atoms. The van der Waals surface area contributed by atoms with Crippen LogP contribution in [0.1, 0.15) is 12.0 Å². The lowest BCUT2D eigenvalue weighted by Crippen LogP contribution is -1.98. The number of H-pyrrole nitrogens is 1. The van der Waals surface area contributed by atoms with Gasteiger partial charge >= 0.3 is 0 Å². The lowest BCUT2D eigenvalue weighted by Gasteiger charge is -2.15. The molecule has 0 atom stereocenters. The normalized spacial score (nSPS) is 13.8. The van der Waals surface area contributed by atoms with Crippen molar-refractivity contribution in [2.75, 3.05) is 5.75 Å². The fraction of sp³-hybridized carbons (Fsp3) is 0.200. The number of hydrogen-bond donors (Lipinski definition) is 1. The number of aromatic amines is 1. The molecule has 2 aromatic heterocycles. The molecule has 0 amide bonds. The van der Waals surface area contributed by atoms with Crippen molar-refractivity contribution < 1.29 is 0 Å². The first-order chi connectivity index (χ1) is 9.40. The van der Waals surface area contributed by atoms with Gasteiger partial charge in [-0.1, -0.05) is 6.07 Å². The van der Waals surface area contributed by atoms with Gasteiger partial charge < -0.3 is 4.98 Å². The molecule has 102 valence electrons. The highest BCUT2D eigenvalue weighted by Crippen LogP contribution is 2.32. The molecule has 0 bridgehead atoms. The van der Waals surface area contributed by atoms with Crippen molar-refractivity contribution in [3.05, 3.63) is 42.1 Å². The van der Waals surface area contributed by atoms with Crippen molar-refractivity contribution in [2.24, 2.45) is 0 Å². The molecule has 5 heteroatoms. The van der Waals surface area contributed by atoms with Crippen molar-refractivity contribution in [3.8, 4) is 11.4 Å². The topological polar surface area (TPSA) is 41.6 Å². The van der Waals surface area contributed by atoms with Gasteiger partial charge in [0.25, 0.3) is 0 Å². The maximum absolute atomic E-state index is 4.56. The molecule has 4 rings (SSSR count). The lowest BCUT2D eigenvalue weighted by atomic mass is 10.1. The summed E-state index contributed by atoms with van der Waals surface area (Å²) in [5.74, 6) is 2.15.